The van der Waals surface area contributed by atoms with Gasteiger partial charge in [0.2, 0.25) is 5.91 Å². The molecule has 1 aliphatic rings. The van der Waals surface area contributed by atoms with Crippen molar-refractivity contribution in [2.45, 2.75) is 46.6 Å². The molecular formula is C29H31N3O2. The zero-order valence-corrected chi connectivity index (χ0v) is 20.3. The van der Waals surface area contributed by atoms with Gasteiger partial charge in [-0.2, -0.15) is 0 Å². The molecule has 1 aliphatic heterocycles. The molecule has 1 aromatic heterocycles. The van der Waals surface area contributed by atoms with E-state index in [0.717, 1.165) is 39.4 Å². The van der Waals surface area contributed by atoms with E-state index in [0.29, 0.717) is 26.1 Å². The molecule has 1 amide bonds. The Bertz CT molecular complexity index is 1370. The highest BCUT2D eigenvalue weighted by molar-refractivity contribution is 5.97. The van der Waals surface area contributed by atoms with E-state index >= 15 is 0 Å². The fourth-order valence-electron chi connectivity index (χ4n) is 5.07. The van der Waals surface area contributed by atoms with Gasteiger partial charge in [-0.15, -0.1) is 0 Å². The van der Waals surface area contributed by atoms with Crippen LogP contribution in [-0.2, 0) is 11.3 Å². The summed E-state index contributed by atoms with van der Waals surface area (Å²) in [7, 11) is 0. The number of amides is 1. The number of hydrogen-bond donors (Lipinski definition) is 0. The van der Waals surface area contributed by atoms with E-state index < -0.39 is 0 Å². The highest BCUT2D eigenvalue weighted by atomic mass is 16.5. The second kappa shape index (κ2) is 8.98. The average Bonchev–Trinajstić information content (AvgIpc) is 3.36. The molecule has 0 aliphatic carbocycles. The Morgan fingerprint density at radius 3 is 2.44 bits per heavy atom. The lowest BCUT2D eigenvalue weighted by Crippen LogP contribution is -2.25. The highest BCUT2D eigenvalue weighted by Crippen LogP contribution is 2.34. The van der Waals surface area contributed by atoms with Gasteiger partial charge in [-0.3, -0.25) is 4.79 Å². The Morgan fingerprint density at radius 1 is 0.941 bits per heavy atom. The van der Waals surface area contributed by atoms with E-state index in [2.05, 4.69) is 68.7 Å². The van der Waals surface area contributed by atoms with Crippen LogP contribution in [0, 0.1) is 27.7 Å². The molecule has 174 valence electrons. The fourth-order valence-corrected chi connectivity index (χ4v) is 5.07. The second-order valence-corrected chi connectivity index (χ2v) is 9.42. The number of imidazole rings is 1. The van der Waals surface area contributed by atoms with Gasteiger partial charge >= 0.3 is 0 Å². The van der Waals surface area contributed by atoms with Gasteiger partial charge in [0, 0.05) is 24.6 Å². The number of carbonyl (C=O) groups is 1. The topological polar surface area (TPSA) is 47.4 Å². The summed E-state index contributed by atoms with van der Waals surface area (Å²) in [6.45, 7) is 10.2. The van der Waals surface area contributed by atoms with Crippen molar-refractivity contribution in [1.82, 2.24) is 9.55 Å². The maximum atomic E-state index is 13.1. The number of hydrogen-bond acceptors (Lipinski definition) is 3. The summed E-state index contributed by atoms with van der Waals surface area (Å²) in [5.74, 6) is 2.07. The van der Waals surface area contributed by atoms with Gasteiger partial charge in [-0.25, -0.2) is 4.98 Å². The Balaban J connectivity index is 1.41. The Morgan fingerprint density at radius 2 is 1.68 bits per heavy atom. The van der Waals surface area contributed by atoms with Crippen LogP contribution in [0.4, 0.5) is 5.69 Å². The number of anilines is 1. The molecule has 5 nitrogen and oxygen atoms in total. The lowest BCUT2D eigenvalue weighted by atomic mass is 10.1. The molecule has 0 radical (unpaired) electrons. The quantitative estimate of drug-likeness (QED) is 0.367. The first-order valence-corrected chi connectivity index (χ1v) is 11.9. The van der Waals surface area contributed by atoms with Crippen molar-refractivity contribution >= 4 is 22.6 Å². The number of aryl methyl sites for hydroxylation is 4. The predicted molar refractivity (Wildman–Crippen MR) is 137 cm³/mol. The minimum atomic E-state index is 0.0433. The van der Waals surface area contributed by atoms with Crippen molar-refractivity contribution in [2.75, 3.05) is 18.1 Å². The van der Waals surface area contributed by atoms with Crippen LogP contribution >= 0.6 is 0 Å². The van der Waals surface area contributed by atoms with Gasteiger partial charge in [-0.1, -0.05) is 47.5 Å². The SMILES string of the molecule is Cc1ccc(OCCn2c(C3CC(=O)N(c4ccc(C)cc4C)C3)nc3ccccc32)c(C)c1. The highest BCUT2D eigenvalue weighted by Gasteiger charge is 2.35. The molecule has 5 heteroatoms. The van der Waals surface area contributed by atoms with E-state index in [-0.39, 0.29) is 11.8 Å². The lowest BCUT2D eigenvalue weighted by Gasteiger charge is -2.20. The lowest BCUT2D eigenvalue weighted by molar-refractivity contribution is -0.117. The van der Waals surface area contributed by atoms with E-state index in [9.17, 15) is 4.79 Å². The number of fused-ring (bicyclic) bond motifs is 1. The van der Waals surface area contributed by atoms with Crippen LogP contribution in [0.2, 0.25) is 0 Å². The van der Waals surface area contributed by atoms with Crippen LogP contribution in [0.5, 0.6) is 5.75 Å². The van der Waals surface area contributed by atoms with E-state index in [4.69, 9.17) is 9.72 Å². The summed E-state index contributed by atoms with van der Waals surface area (Å²) in [6.07, 6.45) is 0.467. The Hall–Kier alpha value is -3.60. The van der Waals surface area contributed by atoms with Crippen LogP contribution in [-0.4, -0.2) is 28.6 Å². The van der Waals surface area contributed by atoms with E-state index in [1.54, 1.807) is 0 Å². The Kier molecular flexibility index (Phi) is 5.86. The number of para-hydroxylation sites is 2. The first-order chi connectivity index (χ1) is 16.4. The molecule has 0 N–H and O–H groups in total. The zero-order valence-electron chi connectivity index (χ0n) is 20.3. The molecule has 0 bridgehead atoms. The molecule has 5 rings (SSSR count). The number of carbonyl (C=O) groups excluding carboxylic acids is 1. The van der Waals surface area contributed by atoms with Crippen LogP contribution in [0.1, 0.15) is 40.4 Å². The van der Waals surface area contributed by atoms with Crippen LogP contribution in [0.3, 0.4) is 0 Å². The van der Waals surface area contributed by atoms with Crippen molar-refractivity contribution in [3.05, 3.63) is 88.7 Å². The minimum absolute atomic E-state index is 0.0433. The molecular weight excluding hydrogens is 422 g/mol. The van der Waals surface area contributed by atoms with Crippen LogP contribution in [0.25, 0.3) is 11.0 Å². The smallest absolute Gasteiger partial charge is 0.227 e. The molecule has 1 unspecified atom stereocenters. The van der Waals surface area contributed by atoms with Crippen molar-refractivity contribution in [3.63, 3.8) is 0 Å². The normalized spacial score (nSPS) is 15.9. The summed E-state index contributed by atoms with van der Waals surface area (Å²) < 4.78 is 8.38. The van der Waals surface area contributed by atoms with E-state index in [1.165, 1.54) is 11.1 Å². The Labute approximate surface area is 201 Å². The molecule has 1 saturated heterocycles. The van der Waals surface area contributed by atoms with Crippen LogP contribution in [0.15, 0.2) is 60.7 Å². The molecule has 34 heavy (non-hydrogen) atoms. The standard InChI is InChI=1S/C29H31N3O2/c1-19-9-11-25(21(3)15-19)32-18-23(17-28(32)33)29-30-24-7-5-6-8-26(24)31(29)13-14-34-27-12-10-20(2)16-22(27)4/h5-12,15-16,23H,13-14,17-18H2,1-4H3. The zero-order chi connectivity index (χ0) is 23.8. The molecule has 1 atom stereocenters. The van der Waals surface area contributed by atoms with Crippen molar-refractivity contribution in [3.8, 4) is 5.75 Å². The number of ether oxygens (including phenoxy) is 1. The molecule has 0 saturated carbocycles. The van der Waals surface area contributed by atoms with Gasteiger partial charge in [0.25, 0.3) is 0 Å². The molecule has 3 aromatic carbocycles. The first-order valence-electron chi connectivity index (χ1n) is 11.9. The van der Waals surface area contributed by atoms with Crippen LogP contribution < -0.4 is 9.64 Å². The monoisotopic (exact) mass is 453 g/mol. The predicted octanol–water partition coefficient (Wildman–Crippen LogP) is 5.87. The van der Waals surface area contributed by atoms with Gasteiger partial charge in [-0.05, 0) is 63.1 Å². The fraction of sp³-hybridized carbons (Fsp3) is 0.310. The van der Waals surface area contributed by atoms with Crippen molar-refractivity contribution in [1.29, 1.82) is 0 Å². The third kappa shape index (κ3) is 4.18. The number of rotatable bonds is 6. The summed E-state index contributed by atoms with van der Waals surface area (Å²) in [5.41, 5.74) is 7.74. The number of aromatic nitrogens is 2. The van der Waals surface area contributed by atoms with Crippen molar-refractivity contribution < 1.29 is 9.53 Å². The van der Waals surface area contributed by atoms with Gasteiger partial charge in [0.05, 0.1) is 17.6 Å². The molecule has 2 heterocycles. The molecule has 1 fully saturated rings. The number of nitrogens with zero attached hydrogens (tertiary/aromatic N) is 3. The van der Waals surface area contributed by atoms with E-state index in [1.807, 2.05) is 29.2 Å². The molecule has 4 aromatic rings. The second-order valence-electron chi connectivity index (χ2n) is 9.42. The maximum Gasteiger partial charge on any atom is 0.227 e. The van der Waals surface area contributed by atoms with Gasteiger partial charge in [0.1, 0.15) is 18.2 Å². The summed E-state index contributed by atoms with van der Waals surface area (Å²) in [5, 5.41) is 0. The van der Waals surface area contributed by atoms with Gasteiger partial charge < -0.3 is 14.2 Å². The van der Waals surface area contributed by atoms with Gasteiger partial charge in [0.15, 0.2) is 0 Å². The first kappa shape index (κ1) is 22.2. The third-order valence-corrected chi connectivity index (χ3v) is 6.72. The largest absolute Gasteiger partial charge is 0.491 e. The summed E-state index contributed by atoms with van der Waals surface area (Å²) >= 11 is 0. The summed E-state index contributed by atoms with van der Waals surface area (Å²) in [4.78, 5) is 20.0. The average molecular weight is 454 g/mol. The van der Waals surface area contributed by atoms with Crippen molar-refractivity contribution in [2.24, 2.45) is 0 Å². The third-order valence-electron chi connectivity index (χ3n) is 6.72. The number of benzene rings is 3. The maximum absolute atomic E-state index is 13.1. The minimum Gasteiger partial charge on any atom is -0.491 e. The summed E-state index contributed by atoms with van der Waals surface area (Å²) in [6, 6.07) is 20.7. The molecule has 0 spiro atoms.